The highest BCUT2D eigenvalue weighted by molar-refractivity contribution is 7.98. The van der Waals surface area contributed by atoms with Crippen LogP contribution >= 0.6 is 23.5 Å². The van der Waals surface area contributed by atoms with Gasteiger partial charge in [-0.15, -0.1) is 0 Å². The fraction of sp³-hybridized carbons (Fsp3) is 0.632. The molecule has 33 heavy (non-hydrogen) atoms. The first kappa shape index (κ1) is 28.7. The number of thioether (sulfide) groups is 2. The van der Waals surface area contributed by atoms with Crippen LogP contribution in [0.4, 0.5) is 0 Å². The largest absolute Gasteiger partial charge is 0.480 e. The summed E-state index contributed by atoms with van der Waals surface area (Å²) < 4.78 is 0. The van der Waals surface area contributed by atoms with Crippen LogP contribution < -0.4 is 21.7 Å². The molecule has 0 saturated heterocycles. The number of carboxylic acids is 1. The van der Waals surface area contributed by atoms with Crippen molar-refractivity contribution in [2.45, 2.75) is 43.4 Å². The van der Waals surface area contributed by atoms with E-state index in [1.807, 2.05) is 12.5 Å². The van der Waals surface area contributed by atoms with Gasteiger partial charge in [-0.25, -0.2) is 9.78 Å². The van der Waals surface area contributed by atoms with E-state index in [4.69, 9.17) is 10.8 Å². The molecule has 3 amide bonds. The second kappa shape index (κ2) is 15.5. The second-order valence-corrected chi connectivity index (χ2v) is 9.13. The Morgan fingerprint density at radius 2 is 1.55 bits per heavy atom. The number of carbonyl (C=O) groups excluding carboxylic acids is 3. The van der Waals surface area contributed by atoms with Crippen molar-refractivity contribution < 1.29 is 29.4 Å². The highest BCUT2D eigenvalue weighted by Crippen LogP contribution is 2.06. The molecule has 0 saturated carbocycles. The van der Waals surface area contributed by atoms with Gasteiger partial charge in [-0.2, -0.15) is 23.5 Å². The third-order valence-corrected chi connectivity index (χ3v) is 5.90. The lowest BCUT2D eigenvalue weighted by atomic mass is 10.1. The minimum Gasteiger partial charge on any atom is -0.480 e. The molecule has 0 aliphatic heterocycles. The summed E-state index contributed by atoms with van der Waals surface area (Å²) in [5, 5.41) is 26.1. The van der Waals surface area contributed by atoms with E-state index in [1.54, 1.807) is 0 Å². The summed E-state index contributed by atoms with van der Waals surface area (Å²) in [5.41, 5.74) is 6.08. The van der Waals surface area contributed by atoms with Crippen LogP contribution in [-0.2, 0) is 25.6 Å². The SMILES string of the molecule is CSCCC(NC(=O)C(Cc1cnc[nH]1)NC(=O)C(CCSC)NC(=O)C(N)CO)C(=O)O. The van der Waals surface area contributed by atoms with Crippen molar-refractivity contribution in [2.75, 3.05) is 30.6 Å². The van der Waals surface area contributed by atoms with Crippen molar-refractivity contribution in [3.63, 3.8) is 0 Å². The lowest BCUT2D eigenvalue weighted by Gasteiger charge is -2.25. The second-order valence-electron chi connectivity index (χ2n) is 7.15. The lowest BCUT2D eigenvalue weighted by molar-refractivity contribution is -0.142. The topological polar surface area (TPSA) is 200 Å². The van der Waals surface area contributed by atoms with E-state index in [0.29, 0.717) is 17.2 Å². The number of nitrogens with zero attached hydrogens (tertiary/aromatic N) is 1. The number of aliphatic hydroxyl groups is 1. The van der Waals surface area contributed by atoms with Crippen LogP contribution in [0.25, 0.3) is 0 Å². The molecule has 1 aromatic heterocycles. The highest BCUT2D eigenvalue weighted by Gasteiger charge is 2.30. The first-order chi connectivity index (χ1) is 15.7. The minimum absolute atomic E-state index is 0.0335. The maximum absolute atomic E-state index is 13.0. The number of imidazole rings is 1. The summed E-state index contributed by atoms with van der Waals surface area (Å²) in [4.78, 5) is 56.3. The number of nitrogens with two attached hydrogens (primary N) is 1. The highest BCUT2D eigenvalue weighted by atomic mass is 32.2. The van der Waals surface area contributed by atoms with Crippen molar-refractivity contribution in [2.24, 2.45) is 5.73 Å². The van der Waals surface area contributed by atoms with E-state index < -0.39 is 54.5 Å². The molecule has 0 aromatic carbocycles. The molecule has 12 nitrogen and oxygen atoms in total. The Bertz CT molecular complexity index is 766. The van der Waals surface area contributed by atoms with Crippen LogP contribution in [0, 0.1) is 0 Å². The maximum atomic E-state index is 13.0. The summed E-state index contributed by atoms with van der Waals surface area (Å²) in [6, 6.07) is -4.41. The summed E-state index contributed by atoms with van der Waals surface area (Å²) in [6.45, 7) is -0.583. The van der Waals surface area contributed by atoms with Crippen LogP contribution in [0.2, 0.25) is 0 Å². The van der Waals surface area contributed by atoms with E-state index >= 15 is 0 Å². The van der Waals surface area contributed by atoms with Gasteiger partial charge in [0.25, 0.3) is 0 Å². The smallest absolute Gasteiger partial charge is 0.326 e. The van der Waals surface area contributed by atoms with Gasteiger partial charge in [0, 0.05) is 18.3 Å². The van der Waals surface area contributed by atoms with Crippen LogP contribution in [0.5, 0.6) is 0 Å². The van der Waals surface area contributed by atoms with E-state index in [0.717, 1.165) is 0 Å². The number of carbonyl (C=O) groups is 4. The normalized spacial score (nSPS) is 14.5. The predicted octanol–water partition coefficient (Wildman–Crippen LogP) is -1.68. The van der Waals surface area contributed by atoms with Crippen molar-refractivity contribution in [1.82, 2.24) is 25.9 Å². The Hall–Kier alpha value is -2.29. The molecule has 0 radical (unpaired) electrons. The van der Waals surface area contributed by atoms with Gasteiger partial charge in [-0.1, -0.05) is 0 Å². The summed E-state index contributed by atoms with van der Waals surface area (Å²) >= 11 is 2.92. The third kappa shape index (κ3) is 10.5. The maximum Gasteiger partial charge on any atom is 0.326 e. The van der Waals surface area contributed by atoms with E-state index in [-0.39, 0.29) is 19.3 Å². The number of aromatic amines is 1. The quantitative estimate of drug-likeness (QED) is 0.136. The Balaban J connectivity index is 3.00. The Morgan fingerprint density at radius 3 is 2.06 bits per heavy atom. The van der Waals surface area contributed by atoms with Gasteiger partial charge in [-0.05, 0) is 36.9 Å². The number of rotatable bonds is 16. The summed E-state index contributed by atoms with van der Waals surface area (Å²) in [5.74, 6) is -2.10. The number of hydrogen-bond donors (Lipinski definition) is 7. The Morgan fingerprint density at radius 1 is 1.00 bits per heavy atom. The van der Waals surface area contributed by atoms with E-state index in [1.165, 1.54) is 36.0 Å². The zero-order valence-corrected chi connectivity index (χ0v) is 20.2. The molecule has 14 heteroatoms. The predicted molar refractivity (Wildman–Crippen MR) is 127 cm³/mol. The van der Waals surface area contributed by atoms with Gasteiger partial charge >= 0.3 is 5.97 Å². The standard InChI is InChI=1S/C19H32N6O6S2/c1-32-5-3-13(23-16(27)12(20)9-26)17(28)25-15(7-11-8-21-10-22-11)18(29)24-14(19(30)31)4-6-33-2/h8,10,12-15,26H,3-7,9,20H2,1-2H3,(H,21,22)(H,23,27)(H,24,29)(H,25,28)(H,30,31). The van der Waals surface area contributed by atoms with E-state index in [2.05, 4.69) is 25.9 Å². The average Bonchev–Trinajstić information content (AvgIpc) is 3.30. The molecule has 8 N–H and O–H groups in total. The number of nitrogens with one attached hydrogen (secondary N) is 4. The van der Waals surface area contributed by atoms with Gasteiger partial charge in [-0.3, -0.25) is 14.4 Å². The van der Waals surface area contributed by atoms with Gasteiger partial charge < -0.3 is 36.9 Å². The third-order valence-electron chi connectivity index (χ3n) is 4.61. The Labute approximate surface area is 200 Å². The van der Waals surface area contributed by atoms with Gasteiger partial charge in [0.1, 0.15) is 24.2 Å². The van der Waals surface area contributed by atoms with Gasteiger partial charge in [0.2, 0.25) is 17.7 Å². The first-order valence-electron chi connectivity index (χ1n) is 10.2. The average molecular weight is 505 g/mol. The number of aromatic nitrogens is 2. The number of carboxylic acid groups (broad SMARTS) is 1. The number of hydrogen-bond acceptors (Lipinski definition) is 9. The van der Waals surface area contributed by atoms with E-state index in [9.17, 15) is 24.3 Å². The molecule has 4 unspecified atom stereocenters. The summed E-state index contributed by atoms with van der Waals surface area (Å²) in [7, 11) is 0. The number of amides is 3. The number of aliphatic carboxylic acids is 1. The van der Waals surface area contributed by atoms with Gasteiger partial charge in [0.05, 0.1) is 12.9 Å². The van der Waals surface area contributed by atoms with Crippen molar-refractivity contribution in [3.05, 3.63) is 18.2 Å². The molecule has 1 aromatic rings. The van der Waals surface area contributed by atoms with Gasteiger partial charge in [0.15, 0.2) is 0 Å². The van der Waals surface area contributed by atoms with Crippen LogP contribution in [0.3, 0.4) is 0 Å². The molecule has 1 heterocycles. The van der Waals surface area contributed by atoms with Crippen LogP contribution in [0.15, 0.2) is 12.5 Å². The molecular weight excluding hydrogens is 472 g/mol. The molecule has 0 aliphatic rings. The van der Waals surface area contributed by atoms with Crippen LogP contribution in [-0.4, -0.2) is 98.7 Å². The fourth-order valence-corrected chi connectivity index (χ4v) is 3.67. The molecule has 0 fully saturated rings. The zero-order chi connectivity index (χ0) is 24.8. The first-order valence-corrected chi connectivity index (χ1v) is 13.0. The molecule has 1 rings (SSSR count). The molecular formula is C19H32N6O6S2. The zero-order valence-electron chi connectivity index (χ0n) is 18.6. The number of H-pyrrole nitrogens is 1. The fourth-order valence-electron chi connectivity index (χ4n) is 2.73. The number of aliphatic hydroxyl groups excluding tert-OH is 1. The van der Waals surface area contributed by atoms with Crippen molar-refractivity contribution in [3.8, 4) is 0 Å². The summed E-state index contributed by atoms with van der Waals surface area (Å²) in [6.07, 6.45) is 7.09. The Kier molecular flexibility index (Phi) is 13.5. The molecule has 0 spiro atoms. The molecule has 4 atom stereocenters. The lowest BCUT2D eigenvalue weighted by Crippen LogP contribution is -2.58. The van der Waals surface area contributed by atoms with Crippen molar-refractivity contribution >= 4 is 47.2 Å². The molecule has 186 valence electrons. The molecule has 0 bridgehead atoms. The van der Waals surface area contributed by atoms with Crippen molar-refractivity contribution in [1.29, 1.82) is 0 Å². The molecule has 0 aliphatic carbocycles. The monoisotopic (exact) mass is 504 g/mol. The minimum atomic E-state index is -1.19. The van der Waals surface area contributed by atoms with Crippen LogP contribution in [0.1, 0.15) is 18.5 Å².